The van der Waals surface area contributed by atoms with Gasteiger partial charge in [-0.15, -0.1) is 8.67 Å². The Balaban J connectivity index is 1.48. The van der Waals surface area contributed by atoms with E-state index in [4.69, 9.17) is 52.0 Å². The van der Waals surface area contributed by atoms with Crippen LogP contribution in [0.1, 0.15) is 27.7 Å². The molecule has 23 nitrogen and oxygen atoms in total. The molecule has 0 aromatic rings. The van der Waals surface area contributed by atoms with Crippen molar-refractivity contribution in [1.82, 2.24) is 0 Å². The van der Waals surface area contributed by atoms with E-state index in [1.807, 2.05) is 0 Å². The first-order chi connectivity index (χ1) is 24.4. The van der Waals surface area contributed by atoms with E-state index in [2.05, 4.69) is 8.67 Å². The average molecular weight is 805 g/mol. The zero-order valence-corrected chi connectivity index (χ0v) is 29.9. The summed E-state index contributed by atoms with van der Waals surface area (Å²) in [6.07, 6.45) is -23.7. The van der Waals surface area contributed by atoms with Crippen molar-refractivity contribution in [2.24, 2.45) is 17.8 Å². The standard InChI is InChI=1S/C27H48O23S2/c1-8-15(28)12(17(30)24(35)43-8)5-40-25-18(31)13(22(10(3)45-25)47-49-51(36)37)6-41-26-19(32)14(23(11(4)46-26)48-50-52(38)39)7-42-27-21(34)20(33)16(29)9(2)44-27/h8-35H,5-7H2,1-4H3,(H,36,37)(H,38,39)/t8?,9?,10?,11?,12-,13+,14+,15+,16+,17?,18?,19?,20-,21?,22+,23+,24?,25+,26+,27+/m0/s1. The van der Waals surface area contributed by atoms with Gasteiger partial charge in [-0.25, -0.2) is 9.78 Å². The zero-order valence-electron chi connectivity index (χ0n) is 28.3. The van der Waals surface area contributed by atoms with E-state index in [-0.39, 0.29) is 0 Å². The molecular weight excluding hydrogens is 756 g/mol. The molecular formula is C27H48O23S2. The highest BCUT2D eigenvalue weighted by molar-refractivity contribution is 7.74. The van der Waals surface area contributed by atoms with E-state index in [1.54, 1.807) is 0 Å². The maximum absolute atomic E-state index is 11.4. The molecule has 4 saturated heterocycles. The lowest BCUT2D eigenvalue weighted by molar-refractivity contribution is -0.372. The van der Waals surface area contributed by atoms with Gasteiger partial charge in [0.1, 0.15) is 48.8 Å². The first kappa shape index (κ1) is 44.2. The molecule has 11 unspecified atom stereocenters. The fourth-order valence-corrected chi connectivity index (χ4v) is 6.77. The number of aliphatic hydroxyl groups excluding tert-OH is 8. The van der Waals surface area contributed by atoms with Crippen molar-refractivity contribution in [2.75, 3.05) is 19.8 Å². The summed E-state index contributed by atoms with van der Waals surface area (Å²) < 4.78 is 88.6. The molecule has 10 N–H and O–H groups in total. The number of aliphatic hydroxyl groups is 8. The van der Waals surface area contributed by atoms with Crippen molar-refractivity contribution in [1.29, 1.82) is 0 Å². The molecule has 4 fully saturated rings. The number of hydrogen-bond donors (Lipinski definition) is 10. The fraction of sp³-hybridized carbons (Fsp3) is 1.00. The Morgan fingerprint density at radius 3 is 1.29 bits per heavy atom. The van der Waals surface area contributed by atoms with Crippen LogP contribution >= 0.6 is 0 Å². The molecule has 4 aliphatic rings. The van der Waals surface area contributed by atoms with Gasteiger partial charge in [-0.1, -0.05) is 0 Å². The molecule has 0 radical (unpaired) electrons. The second kappa shape index (κ2) is 19.6. The molecule has 0 aromatic heterocycles. The van der Waals surface area contributed by atoms with Crippen LogP contribution in [-0.2, 0) is 74.3 Å². The maximum Gasteiger partial charge on any atom is 0.331 e. The van der Waals surface area contributed by atoms with Gasteiger partial charge >= 0.3 is 22.7 Å². The molecule has 22 atom stereocenters. The SMILES string of the molecule is CC1O[C@@H](OC[C@@H]2C(O)[C@H](OC[C@@H]3C(O)[C@H](OC[C@@H]4C(O)C(O)OC(C)[C@H]4O)OC(C)[C@H]3OOS(=O)O)OC(C)[C@H]2OOS(=O)O)C(O)[C@@H](O)[C@@H]1O. The summed E-state index contributed by atoms with van der Waals surface area (Å²) in [5.41, 5.74) is 0. The minimum absolute atomic E-state index is 0.433. The molecule has 4 heterocycles. The molecule has 0 aromatic carbocycles. The third kappa shape index (κ3) is 10.6. The summed E-state index contributed by atoms with van der Waals surface area (Å²) >= 11 is -5.81. The van der Waals surface area contributed by atoms with Crippen LogP contribution in [0.3, 0.4) is 0 Å². The summed E-state index contributed by atoms with van der Waals surface area (Å²) in [6.45, 7) is 4.27. The van der Waals surface area contributed by atoms with Gasteiger partial charge in [0, 0.05) is 17.8 Å². The van der Waals surface area contributed by atoms with E-state index in [0.717, 1.165) is 0 Å². The van der Waals surface area contributed by atoms with Crippen molar-refractivity contribution in [3.63, 3.8) is 0 Å². The van der Waals surface area contributed by atoms with E-state index in [9.17, 15) is 49.3 Å². The molecule has 0 aliphatic carbocycles. The van der Waals surface area contributed by atoms with Crippen molar-refractivity contribution < 1.29 is 110 Å². The van der Waals surface area contributed by atoms with Crippen molar-refractivity contribution in [2.45, 2.75) is 132 Å². The normalized spacial score (nSPS) is 48.7. The molecule has 306 valence electrons. The average Bonchev–Trinajstić information content (AvgIpc) is 3.08. The minimum atomic E-state index is -2.91. The van der Waals surface area contributed by atoms with Crippen molar-refractivity contribution in [3.05, 3.63) is 0 Å². The van der Waals surface area contributed by atoms with E-state index in [0.29, 0.717) is 0 Å². The Morgan fingerprint density at radius 2 is 0.846 bits per heavy atom. The topological polar surface area (TPSA) is 338 Å². The Hall–Kier alpha value is -0.540. The van der Waals surface area contributed by atoms with Gasteiger partial charge in [-0.3, -0.25) is 9.11 Å². The lowest BCUT2D eigenvalue weighted by Crippen LogP contribution is -2.60. The van der Waals surface area contributed by atoms with Crippen LogP contribution in [0, 0.1) is 17.8 Å². The van der Waals surface area contributed by atoms with Crippen molar-refractivity contribution in [3.8, 4) is 0 Å². The third-order valence-electron chi connectivity index (χ3n) is 9.49. The quantitative estimate of drug-likeness (QED) is 0.0422. The highest BCUT2D eigenvalue weighted by atomic mass is 32.2. The Bertz CT molecular complexity index is 1150. The summed E-state index contributed by atoms with van der Waals surface area (Å²) in [6, 6.07) is 0. The van der Waals surface area contributed by atoms with E-state index < -0.39 is 165 Å². The molecule has 0 bridgehead atoms. The molecule has 4 rings (SSSR count). The number of rotatable bonds is 15. The minimum Gasteiger partial charge on any atom is -0.390 e. The van der Waals surface area contributed by atoms with E-state index >= 15 is 0 Å². The maximum atomic E-state index is 11.4. The van der Waals surface area contributed by atoms with Gasteiger partial charge in [-0.05, 0) is 27.7 Å². The molecule has 25 heteroatoms. The monoisotopic (exact) mass is 804 g/mol. The van der Waals surface area contributed by atoms with Gasteiger partial charge in [0.25, 0.3) is 0 Å². The predicted octanol–water partition coefficient (Wildman–Crippen LogP) is -4.71. The van der Waals surface area contributed by atoms with Crippen LogP contribution in [0.15, 0.2) is 0 Å². The largest absolute Gasteiger partial charge is 0.390 e. The Labute approximate surface area is 302 Å². The summed E-state index contributed by atoms with van der Waals surface area (Å²) in [5, 5.41) is 84.1. The van der Waals surface area contributed by atoms with Crippen LogP contribution < -0.4 is 0 Å². The second-order valence-corrected chi connectivity index (χ2v) is 14.1. The smallest absolute Gasteiger partial charge is 0.331 e. The second-order valence-electron chi connectivity index (χ2n) is 13.0. The fourth-order valence-electron chi connectivity index (χ4n) is 6.46. The van der Waals surface area contributed by atoms with Crippen molar-refractivity contribution >= 4 is 22.7 Å². The first-order valence-electron chi connectivity index (χ1n) is 16.2. The predicted molar refractivity (Wildman–Crippen MR) is 163 cm³/mol. The molecule has 52 heavy (non-hydrogen) atoms. The van der Waals surface area contributed by atoms with Crippen LogP contribution in [0.2, 0.25) is 0 Å². The van der Waals surface area contributed by atoms with Gasteiger partial charge in [0.15, 0.2) is 25.2 Å². The Morgan fingerprint density at radius 1 is 0.462 bits per heavy atom. The third-order valence-corrected chi connectivity index (χ3v) is 9.88. The van der Waals surface area contributed by atoms with Crippen LogP contribution in [0.4, 0.5) is 0 Å². The Kier molecular flexibility index (Phi) is 16.6. The lowest BCUT2D eigenvalue weighted by Gasteiger charge is -2.46. The van der Waals surface area contributed by atoms with Gasteiger partial charge in [0.05, 0.1) is 50.3 Å². The summed E-state index contributed by atoms with van der Waals surface area (Å²) in [4.78, 5) is 10.1. The lowest BCUT2D eigenvalue weighted by atomic mass is 9.88. The molecule has 4 aliphatic heterocycles. The van der Waals surface area contributed by atoms with Gasteiger partial charge in [-0.2, -0.15) is 8.42 Å². The summed E-state index contributed by atoms with van der Waals surface area (Å²) in [7, 11) is 0. The van der Waals surface area contributed by atoms with E-state index in [1.165, 1.54) is 27.7 Å². The highest BCUT2D eigenvalue weighted by Gasteiger charge is 2.51. The first-order valence-corrected chi connectivity index (χ1v) is 18.3. The van der Waals surface area contributed by atoms with Crippen LogP contribution in [0.5, 0.6) is 0 Å². The highest BCUT2D eigenvalue weighted by Crippen LogP contribution is 2.35. The number of ether oxygens (including phenoxy) is 7. The van der Waals surface area contributed by atoms with Gasteiger partial charge in [0.2, 0.25) is 0 Å². The number of hydrogen-bond acceptors (Lipinski definition) is 21. The van der Waals surface area contributed by atoms with Crippen LogP contribution in [0.25, 0.3) is 0 Å². The molecule has 0 saturated carbocycles. The molecule has 0 amide bonds. The summed E-state index contributed by atoms with van der Waals surface area (Å²) in [5.74, 6) is -3.51. The van der Waals surface area contributed by atoms with Crippen LogP contribution in [-0.4, -0.2) is 183 Å². The zero-order chi connectivity index (χ0) is 38.6. The van der Waals surface area contributed by atoms with Gasteiger partial charge < -0.3 is 74.0 Å². The molecule has 0 spiro atoms.